The molecule has 0 spiro atoms. The van der Waals surface area contributed by atoms with Crippen LogP contribution in [0.3, 0.4) is 0 Å². The first kappa shape index (κ1) is 17.5. The van der Waals surface area contributed by atoms with Crippen LogP contribution in [0, 0.1) is 19.8 Å². The van der Waals surface area contributed by atoms with E-state index in [1.54, 1.807) is 0 Å². The number of hydrogen-bond acceptors (Lipinski definition) is 3. The first-order valence-corrected chi connectivity index (χ1v) is 9.54. The number of amides is 1. The predicted octanol–water partition coefficient (Wildman–Crippen LogP) is 4.95. The first-order valence-electron chi connectivity index (χ1n) is 9.54. The number of anilines is 2. The normalized spacial score (nSPS) is 16.7. The number of fused-ring (bicyclic) bond motifs is 1. The van der Waals surface area contributed by atoms with Gasteiger partial charge in [-0.15, -0.1) is 0 Å². The third-order valence-electron chi connectivity index (χ3n) is 5.32. The van der Waals surface area contributed by atoms with E-state index >= 15 is 0 Å². The Labute approximate surface area is 160 Å². The summed E-state index contributed by atoms with van der Waals surface area (Å²) in [5.74, 6) is 0.626. The average molecular weight is 359 g/mol. The molecule has 1 amide bonds. The van der Waals surface area contributed by atoms with Crippen molar-refractivity contribution in [3.05, 3.63) is 65.4 Å². The summed E-state index contributed by atoms with van der Waals surface area (Å²) in [6.45, 7) is 8.43. The highest BCUT2D eigenvalue weighted by atomic mass is 16.1. The van der Waals surface area contributed by atoms with E-state index in [9.17, 15) is 4.79 Å². The van der Waals surface area contributed by atoms with Crippen molar-refractivity contribution >= 4 is 28.2 Å². The maximum atomic E-state index is 12.8. The standard InChI is InChI=1S/C23H25N3O/c1-15-4-5-18-13-21(17(3)24-22(18)12-15)23(27)25-19-6-8-20(9-7-19)26-11-10-16(2)14-26/h4-9,12-13,16H,10-11,14H2,1-3H3,(H,25,27). The maximum absolute atomic E-state index is 12.8. The van der Waals surface area contributed by atoms with E-state index in [0.29, 0.717) is 5.56 Å². The summed E-state index contributed by atoms with van der Waals surface area (Å²) in [4.78, 5) is 19.8. The Kier molecular flexibility index (Phi) is 4.56. The number of benzene rings is 2. The van der Waals surface area contributed by atoms with Crippen LogP contribution in [0.1, 0.15) is 35.0 Å². The minimum atomic E-state index is -0.120. The van der Waals surface area contributed by atoms with Gasteiger partial charge in [0.05, 0.1) is 16.8 Å². The molecule has 1 N–H and O–H groups in total. The van der Waals surface area contributed by atoms with E-state index in [-0.39, 0.29) is 5.91 Å². The predicted molar refractivity (Wildman–Crippen MR) is 112 cm³/mol. The van der Waals surface area contributed by atoms with E-state index in [2.05, 4.69) is 34.3 Å². The number of nitrogens with zero attached hydrogens (tertiary/aromatic N) is 2. The number of aromatic nitrogens is 1. The molecule has 1 aliphatic rings. The number of carbonyl (C=O) groups excluding carboxylic acids is 1. The molecule has 1 atom stereocenters. The van der Waals surface area contributed by atoms with Crippen LogP contribution in [0.15, 0.2) is 48.5 Å². The molecule has 4 nitrogen and oxygen atoms in total. The summed E-state index contributed by atoms with van der Waals surface area (Å²) >= 11 is 0. The van der Waals surface area contributed by atoms with Crippen molar-refractivity contribution in [2.75, 3.05) is 23.3 Å². The Morgan fingerprint density at radius 2 is 1.89 bits per heavy atom. The summed E-state index contributed by atoms with van der Waals surface area (Å²) < 4.78 is 0. The highest BCUT2D eigenvalue weighted by Crippen LogP contribution is 2.25. The lowest BCUT2D eigenvalue weighted by Gasteiger charge is -2.18. The number of hydrogen-bond donors (Lipinski definition) is 1. The van der Waals surface area contributed by atoms with Crippen LogP contribution in [0.5, 0.6) is 0 Å². The van der Waals surface area contributed by atoms with Crippen LogP contribution in [0.2, 0.25) is 0 Å². The number of nitrogens with one attached hydrogen (secondary N) is 1. The Bertz CT molecular complexity index is 994. The van der Waals surface area contributed by atoms with Gasteiger partial charge in [0, 0.05) is 29.9 Å². The van der Waals surface area contributed by atoms with Gasteiger partial charge in [0.25, 0.3) is 5.91 Å². The van der Waals surface area contributed by atoms with E-state index in [1.165, 1.54) is 17.7 Å². The van der Waals surface area contributed by atoms with Crippen molar-refractivity contribution in [2.45, 2.75) is 27.2 Å². The minimum Gasteiger partial charge on any atom is -0.371 e. The highest BCUT2D eigenvalue weighted by Gasteiger charge is 2.19. The zero-order valence-corrected chi connectivity index (χ0v) is 16.1. The van der Waals surface area contributed by atoms with Gasteiger partial charge >= 0.3 is 0 Å². The average Bonchev–Trinajstić information content (AvgIpc) is 3.08. The van der Waals surface area contributed by atoms with Gasteiger partial charge < -0.3 is 10.2 Å². The Morgan fingerprint density at radius 1 is 1.11 bits per heavy atom. The van der Waals surface area contributed by atoms with E-state index in [1.807, 2.05) is 50.2 Å². The van der Waals surface area contributed by atoms with Crippen LogP contribution >= 0.6 is 0 Å². The molecule has 0 bridgehead atoms. The van der Waals surface area contributed by atoms with Crippen LogP contribution < -0.4 is 10.2 Å². The monoisotopic (exact) mass is 359 g/mol. The highest BCUT2D eigenvalue weighted by molar-refractivity contribution is 6.06. The lowest BCUT2D eigenvalue weighted by Crippen LogP contribution is -2.19. The summed E-state index contributed by atoms with van der Waals surface area (Å²) in [7, 11) is 0. The number of pyridine rings is 1. The number of aryl methyl sites for hydroxylation is 2. The summed E-state index contributed by atoms with van der Waals surface area (Å²) in [6, 6.07) is 16.1. The van der Waals surface area contributed by atoms with Gasteiger partial charge in [0.2, 0.25) is 0 Å². The Balaban J connectivity index is 1.52. The Hall–Kier alpha value is -2.88. The fraction of sp³-hybridized carbons (Fsp3) is 0.304. The molecule has 0 aliphatic carbocycles. The third kappa shape index (κ3) is 3.65. The molecule has 1 unspecified atom stereocenters. The molecule has 1 saturated heterocycles. The lowest BCUT2D eigenvalue weighted by atomic mass is 10.1. The second kappa shape index (κ2) is 7.03. The molecule has 0 saturated carbocycles. The molecule has 2 heterocycles. The van der Waals surface area contributed by atoms with Gasteiger partial charge in [-0.05, 0) is 68.1 Å². The maximum Gasteiger partial charge on any atom is 0.257 e. The summed E-state index contributed by atoms with van der Waals surface area (Å²) in [6.07, 6.45) is 1.24. The van der Waals surface area contributed by atoms with E-state index in [4.69, 9.17) is 0 Å². The molecule has 1 fully saturated rings. The van der Waals surface area contributed by atoms with Crippen LogP contribution in [-0.2, 0) is 0 Å². The SMILES string of the molecule is Cc1ccc2cc(C(=O)Nc3ccc(N4CCC(C)C4)cc3)c(C)nc2c1. The van der Waals surface area contributed by atoms with E-state index in [0.717, 1.165) is 41.3 Å². The second-order valence-electron chi connectivity index (χ2n) is 7.66. The van der Waals surface area contributed by atoms with Gasteiger partial charge in [-0.2, -0.15) is 0 Å². The zero-order chi connectivity index (χ0) is 19.0. The molecule has 0 radical (unpaired) electrons. The van der Waals surface area contributed by atoms with Crippen molar-refractivity contribution in [1.29, 1.82) is 0 Å². The smallest absolute Gasteiger partial charge is 0.257 e. The fourth-order valence-electron chi connectivity index (χ4n) is 3.73. The molecular weight excluding hydrogens is 334 g/mol. The molecule has 27 heavy (non-hydrogen) atoms. The van der Waals surface area contributed by atoms with Crippen molar-refractivity contribution in [3.63, 3.8) is 0 Å². The minimum absolute atomic E-state index is 0.120. The van der Waals surface area contributed by atoms with Crippen LogP contribution in [-0.4, -0.2) is 24.0 Å². The molecule has 138 valence electrons. The second-order valence-corrected chi connectivity index (χ2v) is 7.66. The zero-order valence-electron chi connectivity index (χ0n) is 16.1. The molecule has 2 aromatic carbocycles. The molecule has 1 aliphatic heterocycles. The van der Waals surface area contributed by atoms with Gasteiger partial charge in [0.15, 0.2) is 0 Å². The molecular formula is C23H25N3O. The van der Waals surface area contributed by atoms with Crippen LogP contribution in [0.4, 0.5) is 11.4 Å². The van der Waals surface area contributed by atoms with Crippen molar-refractivity contribution in [2.24, 2.45) is 5.92 Å². The number of rotatable bonds is 3. The quantitative estimate of drug-likeness (QED) is 0.720. The van der Waals surface area contributed by atoms with Crippen molar-refractivity contribution in [1.82, 2.24) is 4.98 Å². The van der Waals surface area contributed by atoms with Gasteiger partial charge in [-0.3, -0.25) is 9.78 Å². The largest absolute Gasteiger partial charge is 0.371 e. The third-order valence-corrected chi connectivity index (χ3v) is 5.32. The number of carbonyl (C=O) groups is 1. The molecule has 4 heteroatoms. The fourth-order valence-corrected chi connectivity index (χ4v) is 3.73. The molecule has 1 aromatic heterocycles. The first-order chi connectivity index (χ1) is 13.0. The summed E-state index contributed by atoms with van der Waals surface area (Å²) in [5.41, 5.74) is 5.47. The van der Waals surface area contributed by atoms with Crippen molar-refractivity contribution < 1.29 is 4.79 Å². The van der Waals surface area contributed by atoms with E-state index < -0.39 is 0 Å². The summed E-state index contributed by atoms with van der Waals surface area (Å²) in [5, 5.41) is 3.99. The van der Waals surface area contributed by atoms with Gasteiger partial charge in [-0.1, -0.05) is 19.1 Å². The van der Waals surface area contributed by atoms with Crippen molar-refractivity contribution in [3.8, 4) is 0 Å². The Morgan fingerprint density at radius 3 is 2.59 bits per heavy atom. The van der Waals surface area contributed by atoms with Crippen LogP contribution in [0.25, 0.3) is 10.9 Å². The van der Waals surface area contributed by atoms with Gasteiger partial charge in [0.1, 0.15) is 0 Å². The molecule has 3 aromatic rings. The molecule has 4 rings (SSSR count). The lowest BCUT2D eigenvalue weighted by molar-refractivity contribution is 0.102. The van der Waals surface area contributed by atoms with Gasteiger partial charge in [-0.25, -0.2) is 0 Å². The topological polar surface area (TPSA) is 45.2 Å².